The largest absolute Gasteiger partial charge is 0.493 e. The summed E-state index contributed by atoms with van der Waals surface area (Å²) in [5.74, 6) is 0.464. The Labute approximate surface area is 230 Å². The van der Waals surface area contributed by atoms with Crippen LogP contribution in [0.3, 0.4) is 0 Å². The zero-order valence-electron chi connectivity index (χ0n) is 25.3. The Morgan fingerprint density at radius 3 is 1.68 bits per heavy atom. The molecule has 0 aliphatic carbocycles. The van der Waals surface area contributed by atoms with Crippen LogP contribution in [0.5, 0.6) is 11.5 Å². The van der Waals surface area contributed by atoms with Crippen molar-refractivity contribution in [3.63, 3.8) is 0 Å². The first-order chi connectivity index (χ1) is 17.5. The van der Waals surface area contributed by atoms with E-state index < -0.39 is 18.2 Å². The minimum Gasteiger partial charge on any atom is -0.493 e. The lowest BCUT2D eigenvalue weighted by Crippen LogP contribution is -2.22. The maximum atomic E-state index is 15.0. The summed E-state index contributed by atoms with van der Waals surface area (Å²) in [7, 11) is -4.14. The molecule has 0 saturated carbocycles. The molecule has 0 N–H and O–H groups in total. The highest BCUT2D eigenvalue weighted by atomic mass is 31.2. The Hall–Kier alpha value is -2.39. The minimum atomic E-state index is -4.14. The van der Waals surface area contributed by atoms with Gasteiger partial charge in [-0.05, 0) is 79.7 Å². The highest BCUT2D eigenvalue weighted by Gasteiger charge is 2.45. The summed E-state index contributed by atoms with van der Waals surface area (Å²) >= 11 is 0. The molecule has 0 aliphatic heterocycles. The average molecular weight is 543 g/mol. The van der Waals surface area contributed by atoms with Crippen LogP contribution < -0.4 is 9.47 Å². The molecule has 0 bridgehead atoms. The van der Waals surface area contributed by atoms with Crippen molar-refractivity contribution >= 4 is 18.2 Å². The SMILES string of the molecule is CCOc1cccc(OCC)c1C(=O)P(=O)(CC(C)CC(C)(C)C)C(=O)c1c(C)cc(C(C)(C)C)cc1C. The Morgan fingerprint density at radius 2 is 1.29 bits per heavy atom. The van der Waals surface area contributed by atoms with Crippen molar-refractivity contribution in [2.75, 3.05) is 19.4 Å². The van der Waals surface area contributed by atoms with Crippen LogP contribution in [0, 0.1) is 25.2 Å². The quantitative estimate of drug-likeness (QED) is 0.265. The molecule has 0 heterocycles. The molecule has 0 amide bonds. The van der Waals surface area contributed by atoms with Crippen molar-refractivity contribution in [2.45, 2.75) is 88.0 Å². The van der Waals surface area contributed by atoms with E-state index in [-0.39, 0.29) is 40.0 Å². The summed E-state index contributed by atoms with van der Waals surface area (Å²) < 4.78 is 26.6. The zero-order valence-corrected chi connectivity index (χ0v) is 26.2. The second-order valence-electron chi connectivity index (χ2n) is 12.6. The average Bonchev–Trinajstić information content (AvgIpc) is 2.76. The van der Waals surface area contributed by atoms with Gasteiger partial charge in [-0.3, -0.25) is 9.59 Å². The minimum absolute atomic E-state index is 0.00609. The van der Waals surface area contributed by atoms with Crippen LogP contribution in [-0.4, -0.2) is 30.4 Å². The van der Waals surface area contributed by atoms with Crippen LogP contribution in [0.15, 0.2) is 30.3 Å². The first-order valence-corrected chi connectivity index (χ1v) is 15.5. The van der Waals surface area contributed by atoms with Gasteiger partial charge in [0, 0.05) is 11.7 Å². The highest BCUT2D eigenvalue weighted by Crippen LogP contribution is 2.57. The van der Waals surface area contributed by atoms with E-state index >= 15 is 0 Å². The lowest BCUT2D eigenvalue weighted by atomic mass is 9.84. The molecule has 5 nitrogen and oxygen atoms in total. The molecule has 2 atom stereocenters. The number of rotatable bonds is 11. The molecular weight excluding hydrogens is 495 g/mol. The predicted molar refractivity (Wildman–Crippen MR) is 158 cm³/mol. The number of ether oxygens (including phenoxy) is 2. The van der Waals surface area contributed by atoms with Crippen LogP contribution in [-0.2, 0) is 9.98 Å². The fraction of sp³-hybridized carbons (Fsp3) is 0.562. The van der Waals surface area contributed by atoms with E-state index in [1.54, 1.807) is 18.2 Å². The summed E-state index contributed by atoms with van der Waals surface area (Å²) in [5, 5.41) is 0. The molecule has 0 spiro atoms. The third-order valence-electron chi connectivity index (χ3n) is 6.60. The maximum Gasteiger partial charge on any atom is 0.236 e. The molecule has 0 saturated heterocycles. The van der Waals surface area contributed by atoms with Gasteiger partial charge in [0.1, 0.15) is 17.1 Å². The van der Waals surface area contributed by atoms with Crippen LogP contribution in [0.25, 0.3) is 0 Å². The molecule has 2 aromatic rings. The highest BCUT2D eigenvalue weighted by molar-refractivity contribution is 7.95. The van der Waals surface area contributed by atoms with Crippen LogP contribution in [0.1, 0.15) is 106 Å². The fourth-order valence-corrected chi connectivity index (χ4v) is 7.99. The van der Waals surface area contributed by atoms with E-state index in [0.29, 0.717) is 18.8 Å². The van der Waals surface area contributed by atoms with Gasteiger partial charge in [-0.2, -0.15) is 0 Å². The second kappa shape index (κ2) is 12.2. The Bertz CT molecular complexity index is 1170. The number of carbonyl (C=O) groups excluding carboxylic acids is 2. The molecule has 0 radical (unpaired) electrons. The van der Waals surface area contributed by atoms with Gasteiger partial charge in [0.2, 0.25) is 18.2 Å². The van der Waals surface area contributed by atoms with Crippen molar-refractivity contribution in [1.82, 2.24) is 0 Å². The third kappa shape index (κ3) is 7.38. The summed E-state index contributed by atoms with van der Waals surface area (Å²) in [6, 6.07) is 9.03. The van der Waals surface area contributed by atoms with Crippen molar-refractivity contribution in [3.8, 4) is 11.5 Å². The predicted octanol–water partition coefficient (Wildman–Crippen LogP) is 8.81. The van der Waals surface area contributed by atoms with Crippen LogP contribution >= 0.6 is 7.14 Å². The molecule has 2 rings (SSSR count). The molecule has 2 unspecified atom stereocenters. The van der Waals surface area contributed by atoms with E-state index in [2.05, 4.69) is 41.5 Å². The van der Waals surface area contributed by atoms with E-state index in [1.165, 1.54) is 0 Å². The topological polar surface area (TPSA) is 69.7 Å². The van der Waals surface area contributed by atoms with Gasteiger partial charge in [-0.25, -0.2) is 0 Å². The van der Waals surface area contributed by atoms with Crippen LogP contribution in [0.4, 0.5) is 0 Å². The summed E-state index contributed by atoms with van der Waals surface area (Å²) in [6.07, 6.45) is 0.720. The molecular formula is C32H47O5P. The molecule has 0 fully saturated rings. The maximum absolute atomic E-state index is 15.0. The molecule has 0 aliphatic rings. The summed E-state index contributed by atoms with van der Waals surface area (Å²) in [6.45, 7) is 22.6. The van der Waals surface area contributed by atoms with Crippen molar-refractivity contribution in [2.24, 2.45) is 11.3 Å². The smallest absolute Gasteiger partial charge is 0.236 e. The van der Waals surface area contributed by atoms with E-state index in [0.717, 1.165) is 23.1 Å². The monoisotopic (exact) mass is 542 g/mol. The normalized spacial score (nSPS) is 14.5. The number of benzene rings is 2. The van der Waals surface area contributed by atoms with Crippen molar-refractivity contribution in [1.29, 1.82) is 0 Å². The number of aryl methyl sites for hydroxylation is 2. The molecule has 210 valence electrons. The van der Waals surface area contributed by atoms with Gasteiger partial charge < -0.3 is 14.0 Å². The Balaban J connectivity index is 2.79. The molecule has 6 heteroatoms. The fourth-order valence-electron chi connectivity index (χ4n) is 5.18. The standard InChI is InChI=1S/C32H47O5P/c1-12-36-25-15-14-16-26(37-13-2)28(25)30(34)38(35,20-21(3)19-31(6,7)8)29(33)27-22(4)17-24(18-23(27)5)32(9,10)11/h14-18,21H,12-13,19-20H2,1-11H3. The van der Waals surface area contributed by atoms with Gasteiger partial charge in [0.15, 0.2) is 0 Å². The van der Waals surface area contributed by atoms with Crippen molar-refractivity contribution in [3.05, 3.63) is 58.1 Å². The van der Waals surface area contributed by atoms with Crippen LogP contribution in [0.2, 0.25) is 0 Å². The third-order valence-corrected chi connectivity index (χ3v) is 9.50. The first kappa shape index (κ1) is 31.8. The second-order valence-corrected chi connectivity index (χ2v) is 15.3. The van der Waals surface area contributed by atoms with Gasteiger partial charge in [0.25, 0.3) is 0 Å². The van der Waals surface area contributed by atoms with Gasteiger partial charge in [-0.1, -0.05) is 66.7 Å². The lowest BCUT2D eigenvalue weighted by molar-refractivity contribution is 0.103. The summed E-state index contributed by atoms with van der Waals surface area (Å²) in [4.78, 5) is 28.7. The number of carbonyl (C=O) groups is 2. The lowest BCUT2D eigenvalue weighted by Gasteiger charge is -2.28. The Morgan fingerprint density at radius 1 is 0.842 bits per heavy atom. The first-order valence-electron chi connectivity index (χ1n) is 13.7. The summed E-state index contributed by atoms with van der Waals surface area (Å²) in [5.41, 5.74) is 1.62. The van der Waals surface area contributed by atoms with Gasteiger partial charge >= 0.3 is 0 Å². The number of hydrogen-bond donors (Lipinski definition) is 0. The van der Waals surface area contributed by atoms with Gasteiger partial charge in [0.05, 0.1) is 13.2 Å². The zero-order chi connectivity index (χ0) is 29.1. The molecule has 38 heavy (non-hydrogen) atoms. The Kier molecular flexibility index (Phi) is 10.2. The van der Waals surface area contributed by atoms with Gasteiger partial charge in [-0.15, -0.1) is 0 Å². The molecule has 2 aromatic carbocycles. The van der Waals surface area contributed by atoms with E-state index in [4.69, 9.17) is 9.47 Å². The van der Waals surface area contributed by atoms with E-state index in [9.17, 15) is 14.2 Å². The number of hydrogen-bond acceptors (Lipinski definition) is 5. The van der Waals surface area contributed by atoms with Crippen molar-refractivity contribution < 1.29 is 23.6 Å². The molecule has 0 aromatic heterocycles. The van der Waals surface area contributed by atoms with E-state index in [1.807, 2.05) is 46.8 Å².